The minimum Gasteiger partial charge on any atom is -2.00 e. The molecule has 0 aliphatic heterocycles. The van der Waals surface area contributed by atoms with E-state index in [1.165, 1.54) is 0 Å². The van der Waals surface area contributed by atoms with Crippen molar-refractivity contribution in [3.05, 3.63) is 0 Å². The van der Waals surface area contributed by atoms with Gasteiger partial charge in [0.1, 0.15) is 0 Å². The zero-order chi connectivity index (χ0) is 5.41. The molecule has 0 bridgehead atoms. The van der Waals surface area contributed by atoms with Crippen molar-refractivity contribution in [1.29, 1.82) is 0 Å². The van der Waals surface area contributed by atoms with E-state index in [4.69, 9.17) is 19.2 Å². The van der Waals surface area contributed by atoms with Gasteiger partial charge >= 0.3 is 71.4 Å². The Morgan fingerprint density at radius 1 is 0.667 bits per heavy atom. The van der Waals surface area contributed by atoms with Crippen LogP contribution in [-0.2, 0) is 24.7 Å². The van der Waals surface area contributed by atoms with Gasteiger partial charge in [-0.25, -0.2) is 0 Å². The summed E-state index contributed by atoms with van der Waals surface area (Å²) in [4.78, 5) is 32.5. The van der Waals surface area contributed by atoms with Gasteiger partial charge < -0.3 is 5.48 Å². The third kappa shape index (κ3) is 760. The largest absolute Gasteiger partial charge is 2.00 e. The standard InChI is InChI=1S/2CO2.2Na.O/c2*2-1-3;;;/q;;2*+1;-2. The van der Waals surface area contributed by atoms with Crippen LogP contribution in [0.15, 0.2) is 0 Å². The van der Waals surface area contributed by atoms with Crippen LogP contribution in [0, 0.1) is 0 Å². The van der Waals surface area contributed by atoms with Crippen LogP contribution in [0.1, 0.15) is 0 Å². The number of rotatable bonds is 0. The first-order valence-corrected chi connectivity index (χ1v) is 0.816. The second-order valence-corrected chi connectivity index (χ2v) is 0.167. The van der Waals surface area contributed by atoms with Crippen molar-refractivity contribution in [3.8, 4) is 0 Å². The zero-order valence-electron chi connectivity index (χ0n) is 5.04. The first-order chi connectivity index (χ1) is 2.83. The van der Waals surface area contributed by atoms with Gasteiger partial charge in [-0.2, -0.15) is 19.2 Å². The van der Waals surface area contributed by atoms with Crippen LogP contribution in [0.5, 0.6) is 0 Å². The second-order valence-electron chi connectivity index (χ2n) is 0.167. The van der Waals surface area contributed by atoms with Gasteiger partial charge in [0.05, 0.1) is 0 Å². The molecule has 0 radical (unpaired) electrons. The fourth-order valence-electron chi connectivity index (χ4n) is 0. The Balaban J connectivity index is -0.00000000889. The molecule has 0 atom stereocenters. The number of hydrogen-bond donors (Lipinski definition) is 0. The first-order valence-electron chi connectivity index (χ1n) is 0.816. The molecule has 9 heavy (non-hydrogen) atoms. The van der Waals surface area contributed by atoms with Crippen LogP contribution in [0.4, 0.5) is 0 Å². The third-order valence-electron chi connectivity index (χ3n) is 0. The molecule has 0 fully saturated rings. The quantitative estimate of drug-likeness (QED) is 0.320. The molecule has 5 nitrogen and oxygen atoms in total. The van der Waals surface area contributed by atoms with E-state index in [0.717, 1.165) is 0 Å². The van der Waals surface area contributed by atoms with Crippen molar-refractivity contribution in [2.24, 2.45) is 0 Å². The maximum atomic E-state index is 8.12. The number of carbonyl (C=O) groups excluding carboxylic acids is 4. The van der Waals surface area contributed by atoms with Crippen LogP contribution in [-0.4, -0.2) is 12.3 Å². The predicted molar refractivity (Wildman–Crippen MR) is 10.7 cm³/mol. The normalized spacial score (nSPS) is 1.78. The van der Waals surface area contributed by atoms with Crippen LogP contribution in [0.25, 0.3) is 0 Å². The van der Waals surface area contributed by atoms with E-state index in [1.54, 1.807) is 0 Å². The Kier molecular flexibility index (Phi) is 259. The predicted octanol–water partition coefficient (Wildman–Crippen LogP) is -7.28. The molecule has 0 rings (SSSR count). The van der Waals surface area contributed by atoms with Gasteiger partial charge in [0.25, 0.3) is 0 Å². The van der Waals surface area contributed by atoms with Crippen LogP contribution >= 0.6 is 0 Å². The minimum absolute atomic E-state index is 0. The van der Waals surface area contributed by atoms with E-state index in [2.05, 4.69) is 0 Å². The van der Waals surface area contributed by atoms with Gasteiger partial charge in [-0.1, -0.05) is 0 Å². The summed E-state index contributed by atoms with van der Waals surface area (Å²) in [6, 6.07) is 0. The molecule has 0 N–H and O–H groups in total. The summed E-state index contributed by atoms with van der Waals surface area (Å²) >= 11 is 0. The van der Waals surface area contributed by atoms with E-state index < -0.39 is 0 Å². The van der Waals surface area contributed by atoms with E-state index in [-0.39, 0.29) is 76.9 Å². The average molecular weight is 150 g/mol. The molecule has 0 saturated carbocycles. The molecule has 0 saturated heterocycles. The third-order valence-corrected chi connectivity index (χ3v) is 0. The zero-order valence-corrected chi connectivity index (χ0v) is 9.04. The van der Waals surface area contributed by atoms with Crippen molar-refractivity contribution < 1.29 is 83.8 Å². The van der Waals surface area contributed by atoms with Crippen molar-refractivity contribution in [1.82, 2.24) is 0 Å². The van der Waals surface area contributed by atoms with Gasteiger partial charge in [-0.3, -0.25) is 0 Å². The van der Waals surface area contributed by atoms with Gasteiger partial charge in [-0.05, 0) is 0 Å². The van der Waals surface area contributed by atoms with Gasteiger partial charge in [0.15, 0.2) is 0 Å². The monoisotopic (exact) mass is 150 g/mol. The summed E-state index contributed by atoms with van der Waals surface area (Å²) in [5.41, 5.74) is 0. The van der Waals surface area contributed by atoms with Crippen molar-refractivity contribution >= 4 is 12.3 Å². The molecule has 40 valence electrons. The average Bonchev–Trinajstić information content (AvgIpc) is 1.39. The van der Waals surface area contributed by atoms with Crippen LogP contribution in [0.2, 0.25) is 0 Å². The Morgan fingerprint density at radius 2 is 0.667 bits per heavy atom. The molecule has 0 unspecified atom stereocenters. The van der Waals surface area contributed by atoms with Gasteiger partial charge in [-0.15, -0.1) is 0 Å². The van der Waals surface area contributed by atoms with Crippen molar-refractivity contribution in [2.45, 2.75) is 0 Å². The van der Waals surface area contributed by atoms with Gasteiger partial charge in [0, 0.05) is 0 Å². The van der Waals surface area contributed by atoms with E-state index >= 15 is 0 Å². The second kappa shape index (κ2) is 70.2. The molecule has 0 aromatic rings. The van der Waals surface area contributed by atoms with Crippen LogP contribution < -0.4 is 59.1 Å². The molecular weight excluding hydrogens is 150 g/mol. The smallest absolute Gasteiger partial charge is 1.00 e. The topological polar surface area (TPSA) is 96.8 Å². The first kappa shape index (κ1) is 33.2. The molecule has 0 aromatic heterocycles. The van der Waals surface area contributed by atoms with E-state index in [0.29, 0.717) is 0 Å². The summed E-state index contributed by atoms with van der Waals surface area (Å²) in [5.74, 6) is 0. The summed E-state index contributed by atoms with van der Waals surface area (Å²) in [6.45, 7) is 0. The Labute approximate surface area is 95.1 Å². The Bertz CT molecular complexity index is 67.0. The molecule has 0 spiro atoms. The summed E-state index contributed by atoms with van der Waals surface area (Å²) in [6.07, 6.45) is 0.500. The Hall–Kier alpha value is 0.720. The molecular formula is C2Na2O5. The van der Waals surface area contributed by atoms with Crippen LogP contribution in [0.3, 0.4) is 0 Å². The van der Waals surface area contributed by atoms with Crippen molar-refractivity contribution in [3.63, 3.8) is 0 Å². The molecule has 0 amide bonds. The van der Waals surface area contributed by atoms with Gasteiger partial charge in [0.2, 0.25) is 0 Å². The summed E-state index contributed by atoms with van der Waals surface area (Å²) in [5, 5.41) is 0. The fourth-order valence-corrected chi connectivity index (χ4v) is 0. The molecule has 0 aliphatic rings. The van der Waals surface area contributed by atoms with E-state index in [9.17, 15) is 0 Å². The Morgan fingerprint density at radius 3 is 0.667 bits per heavy atom. The fraction of sp³-hybridized carbons (Fsp3) is 0. The summed E-state index contributed by atoms with van der Waals surface area (Å²) < 4.78 is 0. The number of hydrogen-bond acceptors (Lipinski definition) is 4. The van der Waals surface area contributed by atoms with Crippen molar-refractivity contribution in [2.75, 3.05) is 0 Å². The maximum Gasteiger partial charge on any atom is 1.00 e. The molecule has 0 heterocycles. The summed E-state index contributed by atoms with van der Waals surface area (Å²) in [7, 11) is 0. The maximum absolute atomic E-state index is 8.12. The van der Waals surface area contributed by atoms with E-state index in [1.807, 2.05) is 0 Å². The molecule has 0 aromatic carbocycles. The molecule has 0 aliphatic carbocycles. The minimum atomic E-state index is 0. The SMILES string of the molecule is O=C=O.O=C=O.[Na+].[Na+].[O-2]. The molecule has 7 heteroatoms.